The smallest absolute Gasteiger partial charge is 0.330 e. The predicted molar refractivity (Wildman–Crippen MR) is 116 cm³/mol. The van der Waals surface area contributed by atoms with Crippen molar-refractivity contribution in [3.8, 4) is 5.75 Å². The maximum atomic E-state index is 12.3. The van der Waals surface area contributed by atoms with E-state index in [4.69, 9.17) is 9.47 Å². The minimum atomic E-state index is -1.17. The van der Waals surface area contributed by atoms with Crippen LogP contribution in [0.5, 0.6) is 5.75 Å². The highest BCUT2D eigenvalue weighted by Gasteiger charge is 2.46. The standard InChI is InChI=1S/C22H21N5O6/c28-11-17-20(30)19(21(33-17)26-8-7-18(29)23-22(26)31)27-10-15(24-25-27)12-32-16-6-5-13-3-1-2-4-14(13)9-16/h1-10,17,19-21,28,30H,11-12H2,(H,23,29,31)/t17-,19-,20-,21-/m1/s1. The van der Waals surface area contributed by atoms with Gasteiger partial charge in [-0.25, -0.2) is 9.48 Å². The number of ether oxygens (including phenoxy) is 2. The summed E-state index contributed by atoms with van der Waals surface area (Å²) in [5, 5.41) is 30.6. The van der Waals surface area contributed by atoms with Crippen LogP contribution in [0.25, 0.3) is 10.8 Å². The highest BCUT2D eigenvalue weighted by Crippen LogP contribution is 2.37. The van der Waals surface area contributed by atoms with Gasteiger partial charge in [-0.05, 0) is 22.9 Å². The Morgan fingerprint density at radius 2 is 1.94 bits per heavy atom. The minimum Gasteiger partial charge on any atom is -0.487 e. The largest absolute Gasteiger partial charge is 0.487 e. The maximum Gasteiger partial charge on any atom is 0.330 e. The SMILES string of the molecule is O=c1ccn([C@@H]2O[C@H](CO)[C@@H](O)[C@H]2n2cc(COc3ccc4ccccc4c3)nn2)c(=O)[nH]1. The molecular formula is C22H21N5O6. The Morgan fingerprint density at radius 1 is 1.12 bits per heavy atom. The summed E-state index contributed by atoms with van der Waals surface area (Å²) >= 11 is 0. The first-order valence-electron chi connectivity index (χ1n) is 10.3. The van der Waals surface area contributed by atoms with Crippen LogP contribution in [-0.4, -0.2) is 53.6 Å². The van der Waals surface area contributed by atoms with Gasteiger partial charge in [0.2, 0.25) is 0 Å². The number of nitrogens with zero attached hydrogens (tertiary/aromatic N) is 4. The molecule has 11 nitrogen and oxygen atoms in total. The number of aliphatic hydroxyl groups is 2. The van der Waals surface area contributed by atoms with Gasteiger partial charge < -0.3 is 19.7 Å². The molecule has 0 saturated carbocycles. The van der Waals surface area contributed by atoms with E-state index in [1.54, 1.807) is 6.20 Å². The molecule has 4 atom stereocenters. The Morgan fingerprint density at radius 3 is 2.73 bits per heavy atom. The summed E-state index contributed by atoms with van der Waals surface area (Å²) < 4.78 is 14.1. The zero-order valence-corrected chi connectivity index (χ0v) is 17.3. The highest BCUT2D eigenvalue weighted by molar-refractivity contribution is 5.83. The molecule has 2 aromatic heterocycles. The Balaban J connectivity index is 1.38. The fourth-order valence-electron chi connectivity index (χ4n) is 3.96. The van der Waals surface area contributed by atoms with Crippen LogP contribution < -0.4 is 16.0 Å². The van der Waals surface area contributed by atoms with Gasteiger partial charge >= 0.3 is 5.69 Å². The average molecular weight is 451 g/mol. The van der Waals surface area contributed by atoms with E-state index in [9.17, 15) is 19.8 Å². The van der Waals surface area contributed by atoms with Gasteiger partial charge in [-0.1, -0.05) is 35.5 Å². The first kappa shape index (κ1) is 21.1. The summed E-state index contributed by atoms with van der Waals surface area (Å²) in [5.74, 6) is 0.672. The number of hydrogen-bond acceptors (Lipinski definition) is 8. The number of aromatic nitrogens is 5. The Kier molecular flexibility index (Phi) is 5.50. The quantitative estimate of drug-likeness (QED) is 0.381. The van der Waals surface area contributed by atoms with Gasteiger partial charge in [-0.3, -0.25) is 14.3 Å². The first-order chi connectivity index (χ1) is 16.0. The van der Waals surface area contributed by atoms with Crippen molar-refractivity contribution in [1.82, 2.24) is 24.5 Å². The van der Waals surface area contributed by atoms with Crippen molar-refractivity contribution in [2.75, 3.05) is 6.61 Å². The summed E-state index contributed by atoms with van der Waals surface area (Å²) in [6.07, 6.45) is -0.277. The lowest BCUT2D eigenvalue weighted by Gasteiger charge is -2.21. The fraction of sp³-hybridized carbons (Fsp3) is 0.273. The second kappa shape index (κ2) is 8.62. The van der Waals surface area contributed by atoms with Crippen molar-refractivity contribution in [3.05, 3.63) is 87.5 Å². The van der Waals surface area contributed by atoms with Crippen LogP contribution in [0.3, 0.4) is 0 Å². The molecule has 0 radical (unpaired) electrons. The van der Waals surface area contributed by atoms with E-state index in [-0.39, 0.29) is 6.61 Å². The van der Waals surface area contributed by atoms with Crippen LogP contribution in [0.2, 0.25) is 0 Å². The van der Waals surface area contributed by atoms with Crippen LogP contribution in [0.1, 0.15) is 18.0 Å². The average Bonchev–Trinajstić information content (AvgIpc) is 3.41. The highest BCUT2D eigenvalue weighted by atomic mass is 16.5. The van der Waals surface area contributed by atoms with E-state index < -0.39 is 42.3 Å². The summed E-state index contributed by atoms with van der Waals surface area (Å²) in [5.41, 5.74) is -0.766. The number of H-pyrrole nitrogens is 1. The molecule has 2 aromatic carbocycles. The van der Waals surface area contributed by atoms with E-state index in [0.29, 0.717) is 11.4 Å². The third-order valence-electron chi connectivity index (χ3n) is 5.61. The number of hydrogen-bond donors (Lipinski definition) is 3. The molecule has 33 heavy (non-hydrogen) atoms. The molecule has 0 aliphatic carbocycles. The molecule has 11 heteroatoms. The van der Waals surface area contributed by atoms with Gasteiger partial charge in [0.25, 0.3) is 5.56 Å². The van der Waals surface area contributed by atoms with Crippen LogP contribution in [0, 0.1) is 0 Å². The minimum absolute atomic E-state index is 0.134. The zero-order chi connectivity index (χ0) is 22.9. The predicted octanol–water partition coefficient (Wildman–Crippen LogP) is 0.352. The number of nitrogens with one attached hydrogen (secondary N) is 1. The molecule has 1 aliphatic rings. The normalized spacial score (nSPS) is 22.6. The molecule has 1 saturated heterocycles. The van der Waals surface area contributed by atoms with Crippen LogP contribution in [-0.2, 0) is 11.3 Å². The van der Waals surface area contributed by atoms with Crippen LogP contribution in [0.4, 0.5) is 0 Å². The second-order valence-corrected chi connectivity index (χ2v) is 7.73. The lowest BCUT2D eigenvalue weighted by atomic mass is 10.1. The maximum absolute atomic E-state index is 12.3. The van der Waals surface area contributed by atoms with Crippen LogP contribution in [0.15, 0.2) is 70.5 Å². The molecule has 1 fully saturated rings. The number of benzene rings is 2. The first-order valence-corrected chi connectivity index (χ1v) is 10.3. The van der Waals surface area contributed by atoms with Crippen molar-refractivity contribution >= 4 is 10.8 Å². The summed E-state index contributed by atoms with van der Waals surface area (Å²) in [6, 6.07) is 14.0. The summed E-state index contributed by atoms with van der Waals surface area (Å²) in [7, 11) is 0. The van der Waals surface area contributed by atoms with E-state index in [1.165, 1.54) is 16.9 Å². The lowest BCUT2D eigenvalue weighted by molar-refractivity contribution is -0.0479. The van der Waals surface area contributed by atoms with Gasteiger partial charge in [0.1, 0.15) is 36.3 Å². The van der Waals surface area contributed by atoms with Gasteiger partial charge in [-0.15, -0.1) is 5.10 Å². The molecule has 1 aliphatic heterocycles. The lowest BCUT2D eigenvalue weighted by Crippen LogP contribution is -2.36. The third kappa shape index (κ3) is 4.04. The van der Waals surface area contributed by atoms with Gasteiger partial charge in [-0.2, -0.15) is 0 Å². The molecule has 5 rings (SSSR count). The Labute approximate surface area is 186 Å². The number of rotatable bonds is 6. The van der Waals surface area contributed by atoms with E-state index in [2.05, 4.69) is 15.3 Å². The molecule has 0 spiro atoms. The van der Waals surface area contributed by atoms with E-state index >= 15 is 0 Å². The molecule has 170 valence electrons. The van der Waals surface area contributed by atoms with Gasteiger partial charge in [0.15, 0.2) is 6.23 Å². The third-order valence-corrected chi connectivity index (χ3v) is 5.61. The Hall–Kier alpha value is -3.80. The van der Waals surface area contributed by atoms with Crippen LogP contribution >= 0.6 is 0 Å². The molecule has 4 aromatic rings. The number of aromatic amines is 1. The van der Waals surface area contributed by atoms with E-state index in [0.717, 1.165) is 15.3 Å². The van der Waals surface area contributed by atoms with E-state index in [1.807, 2.05) is 42.5 Å². The topological polar surface area (TPSA) is 144 Å². The zero-order valence-electron chi connectivity index (χ0n) is 17.3. The second-order valence-electron chi connectivity index (χ2n) is 7.73. The van der Waals surface area contributed by atoms with Crippen molar-refractivity contribution < 1.29 is 19.7 Å². The molecule has 3 heterocycles. The van der Waals surface area contributed by atoms with Crippen molar-refractivity contribution in [2.45, 2.75) is 31.1 Å². The van der Waals surface area contributed by atoms with Gasteiger partial charge in [0, 0.05) is 12.3 Å². The van der Waals surface area contributed by atoms with Crippen molar-refractivity contribution in [2.24, 2.45) is 0 Å². The molecule has 0 amide bonds. The van der Waals surface area contributed by atoms with Crippen molar-refractivity contribution in [3.63, 3.8) is 0 Å². The monoisotopic (exact) mass is 451 g/mol. The van der Waals surface area contributed by atoms with Gasteiger partial charge in [0.05, 0.1) is 12.8 Å². The molecule has 0 unspecified atom stereocenters. The van der Waals surface area contributed by atoms with Crippen molar-refractivity contribution in [1.29, 1.82) is 0 Å². The summed E-state index contributed by atoms with van der Waals surface area (Å²) in [6.45, 7) is -0.326. The fourth-order valence-corrected chi connectivity index (χ4v) is 3.96. The number of fused-ring (bicyclic) bond motifs is 1. The number of aliphatic hydroxyl groups excluding tert-OH is 2. The summed E-state index contributed by atoms with van der Waals surface area (Å²) in [4.78, 5) is 25.9. The molecule has 3 N–H and O–H groups in total. The molecular weight excluding hydrogens is 430 g/mol. The Bertz CT molecular complexity index is 1400. The molecule has 0 bridgehead atoms.